The topological polar surface area (TPSA) is 35.2 Å². The average Bonchev–Trinajstić information content (AvgIpc) is 2.37. The monoisotopic (exact) mass is 155 g/mol. The van der Waals surface area contributed by atoms with Crippen LogP contribution in [0.5, 0.6) is 0 Å². The summed E-state index contributed by atoms with van der Waals surface area (Å²) in [5, 5.41) is 0. The molecule has 0 spiro atoms. The maximum absolute atomic E-state index is 5.71. The fourth-order valence-electron chi connectivity index (χ4n) is 2.96. The van der Waals surface area contributed by atoms with Crippen LogP contribution in [0.2, 0.25) is 0 Å². The Morgan fingerprint density at radius 1 is 1.55 bits per heavy atom. The maximum Gasteiger partial charge on any atom is 0.0833 e. The van der Waals surface area contributed by atoms with E-state index >= 15 is 0 Å². The van der Waals surface area contributed by atoms with Crippen LogP contribution in [0, 0.1) is 11.8 Å². The van der Waals surface area contributed by atoms with Gasteiger partial charge in [-0.3, -0.25) is 0 Å². The van der Waals surface area contributed by atoms with E-state index in [1.54, 1.807) is 7.11 Å². The van der Waals surface area contributed by atoms with Gasteiger partial charge in [-0.1, -0.05) is 6.42 Å². The summed E-state index contributed by atoms with van der Waals surface area (Å²) in [7, 11) is 1.81. The van der Waals surface area contributed by atoms with Crippen molar-refractivity contribution in [3.05, 3.63) is 0 Å². The normalized spacial score (nSPS) is 48.5. The van der Waals surface area contributed by atoms with Crippen LogP contribution in [0.15, 0.2) is 0 Å². The quantitative estimate of drug-likeness (QED) is 0.649. The van der Waals surface area contributed by atoms with Crippen molar-refractivity contribution in [2.45, 2.75) is 31.3 Å². The first kappa shape index (κ1) is 7.56. The Bertz CT molecular complexity index is 154. The molecule has 0 aromatic carbocycles. The van der Waals surface area contributed by atoms with E-state index in [-0.39, 0.29) is 5.60 Å². The fourth-order valence-corrected chi connectivity index (χ4v) is 2.96. The minimum Gasteiger partial charge on any atom is -0.377 e. The van der Waals surface area contributed by atoms with Crippen molar-refractivity contribution in [2.24, 2.45) is 17.6 Å². The minimum absolute atomic E-state index is 0.0845. The average molecular weight is 155 g/mol. The molecule has 2 N–H and O–H groups in total. The summed E-state index contributed by atoms with van der Waals surface area (Å²) in [5.74, 6) is 1.73. The molecule has 3 atom stereocenters. The molecule has 0 bridgehead atoms. The van der Waals surface area contributed by atoms with Crippen molar-refractivity contribution in [2.75, 3.05) is 13.7 Å². The van der Waals surface area contributed by atoms with Gasteiger partial charge in [-0.05, 0) is 31.1 Å². The molecule has 2 heteroatoms. The number of hydrogen-bond acceptors (Lipinski definition) is 2. The van der Waals surface area contributed by atoms with Gasteiger partial charge in [0.05, 0.1) is 5.60 Å². The zero-order valence-electron chi connectivity index (χ0n) is 7.18. The van der Waals surface area contributed by atoms with Crippen LogP contribution < -0.4 is 5.73 Å². The first-order valence-electron chi connectivity index (χ1n) is 4.57. The Morgan fingerprint density at radius 2 is 2.36 bits per heavy atom. The first-order chi connectivity index (χ1) is 5.32. The molecule has 0 aromatic rings. The van der Waals surface area contributed by atoms with Gasteiger partial charge >= 0.3 is 0 Å². The van der Waals surface area contributed by atoms with Gasteiger partial charge in [-0.2, -0.15) is 0 Å². The SMILES string of the molecule is COC1(CN)CC2CCCC21. The lowest BCUT2D eigenvalue weighted by Crippen LogP contribution is -2.57. The molecule has 0 radical (unpaired) electrons. The summed E-state index contributed by atoms with van der Waals surface area (Å²) in [6.07, 6.45) is 5.36. The van der Waals surface area contributed by atoms with Crippen LogP contribution in [-0.4, -0.2) is 19.3 Å². The van der Waals surface area contributed by atoms with Gasteiger partial charge in [0.25, 0.3) is 0 Å². The third kappa shape index (κ3) is 0.859. The second kappa shape index (κ2) is 2.46. The molecule has 2 rings (SSSR count). The van der Waals surface area contributed by atoms with Crippen molar-refractivity contribution < 1.29 is 4.74 Å². The molecular formula is C9H17NO. The second-order valence-electron chi connectivity index (χ2n) is 3.97. The molecule has 0 heterocycles. The van der Waals surface area contributed by atoms with Crippen LogP contribution in [0.25, 0.3) is 0 Å². The standard InChI is InChI=1S/C9H17NO/c1-11-9(6-10)5-7-3-2-4-8(7)9/h7-8H,2-6,10H2,1H3. The zero-order valence-corrected chi connectivity index (χ0v) is 7.18. The lowest BCUT2D eigenvalue weighted by atomic mass is 9.63. The molecule has 0 aromatic heterocycles. The fraction of sp³-hybridized carbons (Fsp3) is 1.00. The summed E-state index contributed by atoms with van der Waals surface area (Å²) in [5.41, 5.74) is 5.79. The van der Waals surface area contributed by atoms with E-state index in [0.29, 0.717) is 6.54 Å². The molecule has 2 nitrogen and oxygen atoms in total. The van der Waals surface area contributed by atoms with Gasteiger partial charge in [0.2, 0.25) is 0 Å². The first-order valence-corrected chi connectivity index (χ1v) is 4.57. The van der Waals surface area contributed by atoms with Gasteiger partial charge in [0.1, 0.15) is 0 Å². The van der Waals surface area contributed by atoms with Crippen LogP contribution in [0.4, 0.5) is 0 Å². The number of rotatable bonds is 2. The Balaban J connectivity index is 2.06. The van der Waals surface area contributed by atoms with E-state index in [0.717, 1.165) is 11.8 Å². The molecule has 3 unspecified atom stereocenters. The Labute approximate surface area is 68.1 Å². The van der Waals surface area contributed by atoms with E-state index in [4.69, 9.17) is 10.5 Å². The summed E-state index contributed by atoms with van der Waals surface area (Å²) in [4.78, 5) is 0. The minimum atomic E-state index is 0.0845. The summed E-state index contributed by atoms with van der Waals surface area (Å²) < 4.78 is 5.51. The van der Waals surface area contributed by atoms with Crippen molar-refractivity contribution >= 4 is 0 Å². The summed E-state index contributed by atoms with van der Waals surface area (Å²) in [6.45, 7) is 0.713. The number of ether oxygens (including phenoxy) is 1. The molecular weight excluding hydrogens is 138 g/mol. The second-order valence-corrected chi connectivity index (χ2v) is 3.97. The van der Waals surface area contributed by atoms with E-state index in [1.165, 1.54) is 25.7 Å². The highest BCUT2D eigenvalue weighted by molar-refractivity contribution is 5.06. The zero-order chi connectivity index (χ0) is 7.90. The number of methoxy groups -OCH3 is 1. The molecule has 64 valence electrons. The maximum atomic E-state index is 5.71. The lowest BCUT2D eigenvalue weighted by molar-refractivity contribution is -0.143. The van der Waals surface area contributed by atoms with E-state index in [9.17, 15) is 0 Å². The number of hydrogen-bond donors (Lipinski definition) is 1. The smallest absolute Gasteiger partial charge is 0.0833 e. The summed E-state index contributed by atoms with van der Waals surface area (Å²) in [6, 6.07) is 0. The van der Waals surface area contributed by atoms with E-state index in [1.807, 2.05) is 0 Å². The summed E-state index contributed by atoms with van der Waals surface area (Å²) >= 11 is 0. The van der Waals surface area contributed by atoms with Gasteiger partial charge in [-0.25, -0.2) is 0 Å². The molecule has 2 aliphatic rings. The van der Waals surface area contributed by atoms with E-state index in [2.05, 4.69) is 0 Å². The lowest BCUT2D eigenvalue weighted by Gasteiger charge is -2.51. The van der Waals surface area contributed by atoms with Crippen molar-refractivity contribution in [1.29, 1.82) is 0 Å². The predicted molar refractivity (Wildman–Crippen MR) is 44.2 cm³/mol. The van der Waals surface area contributed by atoms with Crippen molar-refractivity contribution in [3.63, 3.8) is 0 Å². The van der Waals surface area contributed by atoms with Gasteiger partial charge in [-0.15, -0.1) is 0 Å². The van der Waals surface area contributed by atoms with Crippen LogP contribution in [0.3, 0.4) is 0 Å². The van der Waals surface area contributed by atoms with Gasteiger partial charge in [0, 0.05) is 13.7 Å². The molecule has 0 aliphatic heterocycles. The van der Waals surface area contributed by atoms with Gasteiger partial charge < -0.3 is 10.5 Å². The number of nitrogens with two attached hydrogens (primary N) is 1. The number of fused-ring (bicyclic) bond motifs is 1. The third-order valence-corrected chi connectivity index (χ3v) is 3.69. The van der Waals surface area contributed by atoms with Crippen molar-refractivity contribution in [3.8, 4) is 0 Å². The van der Waals surface area contributed by atoms with Gasteiger partial charge in [0.15, 0.2) is 0 Å². The van der Waals surface area contributed by atoms with Crippen LogP contribution in [-0.2, 0) is 4.74 Å². The predicted octanol–water partition coefficient (Wildman–Crippen LogP) is 1.15. The molecule has 0 saturated heterocycles. The van der Waals surface area contributed by atoms with Crippen molar-refractivity contribution in [1.82, 2.24) is 0 Å². The highest BCUT2D eigenvalue weighted by atomic mass is 16.5. The molecule has 2 fully saturated rings. The highest BCUT2D eigenvalue weighted by Crippen LogP contribution is 2.54. The highest BCUT2D eigenvalue weighted by Gasteiger charge is 2.54. The van der Waals surface area contributed by atoms with Crippen LogP contribution >= 0.6 is 0 Å². The van der Waals surface area contributed by atoms with Crippen LogP contribution in [0.1, 0.15) is 25.7 Å². The molecule has 11 heavy (non-hydrogen) atoms. The third-order valence-electron chi connectivity index (χ3n) is 3.69. The molecule has 2 aliphatic carbocycles. The largest absolute Gasteiger partial charge is 0.377 e. The Kier molecular flexibility index (Phi) is 1.69. The molecule has 2 saturated carbocycles. The van der Waals surface area contributed by atoms with E-state index < -0.39 is 0 Å². The molecule has 0 amide bonds. The Hall–Kier alpha value is -0.0800. The Morgan fingerprint density at radius 3 is 2.91 bits per heavy atom.